The van der Waals surface area contributed by atoms with Crippen LogP contribution in [0.2, 0.25) is 0 Å². The Hall–Kier alpha value is -1.94. The molecule has 0 aromatic carbocycles. The fraction of sp³-hybridized carbons (Fsp3) is 0.667. The fourth-order valence-corrected chi connectivity index (χ4v) is 1.29. The zero-order valence-electron chi connectivity index (χ0n) is 23.3. The number of carbonyl (C=O) groups excluding carboxylic acids is 7. The number of hydrogen-bond donors (Lipinski definition) is 0. The van der Waals surface area contributed by atoms with Gasteiger partial charge in [0.2, 0.25) is 0 Å². The van der Waals surface area contributed by atoms with E-state index in [9.17, 15) is 38.7 Å². The van der Waals surface area contributed by atoms with Crippen LogP contribution in [0.5, 0.6) is 0 Å². The van der Waals surface area contributed by atoms with E-state index in [1.54, 1.807) is 41.5 Å². The molecule has 0 amide bonds. The molecular weight excluding hydrogens is 537 g/mol. The van der Waals surface area contributed by atoms with Crippen LogP contribution in [-0.4, -0.2) is 56.4 Å². The Morgan fingerprint density at radius 3 is 0.632 bits per heavy atom. The first-order valence-corrected chi connectivity index (χ1v) is 11.7. The van der Waals surface area contributed by atoms with Crippen LogP contribution in [0.1, 0.15) is 93.4 Å². The van der Waals surface area contributed by atoms with Crippen molar-refractivity contribution in [2.75, 3.05) is 0 Å². The van der Waals surface area contributed by atoms with Gasteiger partial charge in [-0.2, -0.15) is 0 Å². The second kappa shape index (κ2) is 28.1. The van der Waals surface area contributed by atoms with Crippen molar-refractivity contribution in [1.29, 1.82) is 0 Å². The van der Waals surface area contributed by atoms with Gasteiger partial charge in [-0.05, 0) is 6.42 Å². The maximum atomic E-state index is 11.0. The summed E-state index contributed by atoms with van der Waals surface area (Å²) in [6.07, 6.45) is 0.717. The SMILES string of the molecule is CCC(=O)OB(OC(=O)CC)OC(=O)CC.CCC(=O)OB(OC(=O)CC)OC(=O)CC.CCC(=O)[O-].[K+]. The zero-order chi connectivity index (χ0) is 29.4. The molecule has 0 saturated heterocycles. The van der Waals surface area contributed by atoms with E-state index in [2.05, 4.69) is 27.9 Å². The molecule has 0 radical (unpaired) electrons. The Kier molecular flexibility index (Phi) is 31.9. The molecule has 0 atom stereocenters. The molecule has 0 unspecified atom stereocenters. The third-order valence-electron chi connectivity index (χ3n) is 3.39. The fourth-order valence-electron chi connectivity index (χ4n) is 1.29. The van der Waals surface area contributed by atoms with E-state index < -0.39 is 56.4 Å². The van der Waals surface area contributed by atoms with Gasteiger partial charge in [0.25, 0.3) is 35.8 Å². The van der Waals surface area contributed by atoms with E-state index in [0.717, 1.165) is 0 Å². The third-order valence-corrected chi connectivity index (χ3v) is 3.39. The topological polar surface area (TPSA) is 198 Å². The average molecular weight is 572 g/mol. The van der Waals surface area contributed by atoms with Crippen LogP contribution in [0.15, 0.2) is 0 Å². The van der Waals surface area contributed by atoms with Crippen LogP contribution in [0, 0.1) is 0 Å². The van der Waals surface area contributed by atoms with Crippen LogP contribution in [-0.2, 0) is 61.5 Å². The summed E-state index contributed by atoms with van der Waals surface area (Å²) >= 11 is 0. The molecule has 17 heteroatoms. The van der Waals surface area contributed by atoms with Gasteiger partial charge in [-0.3, -0.25) is 28.8 Å². The predicted molar refractivity (Wildman–Crippen MR) is 125 cm³/mol. The van der Waals surface area contributed by atoms with Gasteiger partial charge in [0.15, 0.2) is 0 Å². The summed E-state index contributed by atoms with van der Waals surface area (Å²) in [7, 11) is -3.15. The summed E-state index contributed by atoms with van der Waals surface area (Å²) in [5.74, 6) is -4.67. The maximum Gasteiger partial charge on any atom is 1.00 e. The molecule has 0 aliphatic heterocycles. The van der Waals surface area contributed by atoms with Crippen molar-refractivity contribution >= 4 is 56.4 Å². The van der Waals surface area contributed by atoms with E-state index in [4.69, 9.17) is 0 Å². The van der Waals surface area contributed by atoms with Crippen molar-refractivity contribution in [3.63, 3.8) is 0 Å². The zero-order valence-corrected chi connectivity index (χ0v) is 26.4. The van der Waals surface area contributed by atoms with Crippen molar-refractivity contribution in [2.24, 2.45) is 0 Å². The minimum Gasteiger partial charge on any atom is -0.550 e. The molecular formula is C21H35B2KO14. The minimum absolute atomic E-state index is 0. The molecule has 0 spiro atoms. The number of rotatable bonds is 13. The Labute approximate surface area is 265 Å². The molecule has 0 aliphatic rings. The quantitative estimate of drug-likeness (QED) is 0.216. The van der Waals surface area contributed by atoms with Crippen molar-refractivity contribution < 1.29 is 118 Å². The first kappa shape index (κ1) is 43.1. The van der Waals surface area contributed by atoms with Gasteiger partial charge in [-0.25, -0.2) is 0 Å². The summed E-state index contributed by atoms with van der Waals surface area (Å²) in [5, 5.41) is 9.26. The Bertz CT molecular complexity index is 608. The van der Waals surface area contributed by atoms with E-state index >= 15 is 0 Å². The number of hydrogen-bond acceptors (Lipinski definition) is 14. The molecule has 0 aromatic heterocycles. The largest absolute Gasteiger partial charge is 1.00 e. The molecule has 0 rings (SSSR count). The molecule has 0 fully saturated rings. The van der Waals surface area contributed by atoms with Crippen molar-refractivity contribution in [3.05, 3.63) is 0 Å². The second-order valence-electron chi connectivity index (χ2n) is 6.36. The number of aliphatic carboxylic acids is 1. The monoisotopic (exact) mass is 572 g/mol. The van der Waals surface area contributed by atoms with E-state index in [-0.39, 0.29) is 96.3 Å². The standard InChI is InChI=1S/2C9H15BO6.C3H6O2.K/c2*1-4-7(11)14-10(15-8(12)5-2)16-9(13)6-3;1-2-3(4)5;/h2*4-6H2,1-3H3;2H2,1H3,(H,4,5);/q;;;+1/p-1. The van der Waals surface area contributed by atoms with Gasteiger partial charge >= 0.3 is 66.0 Å². The smallest absolute Gasteiger partial charge is 0.550 e. The van der Waals surface area contributed by atoms with Gasteiger partial charge in [0.1, 0.15) is 0 Å². The van der Waals surface area contributed by atoms with E-state index in [0.29, 0.717) is 0 Å². The third kappa shape index (κ3) is 28.6. The summed E-state index contributed by atoms with van der Waals surface area (Å²) < 4.78 is 27.7. The van der Waals surface area contributed by atoms with E-state index in [1.807, 2.05) is 0 Å². The Morgan fingerprint density at radius 1 is 0.421 bits per heavy atom. The van der Waals surface area contributed by atoms with Crippen LogP contribution >= 0.6 is 0 Å². The molecule has 210 valence electrons. The number of carboxylic acids is 1. The normalized spacial score (nSPS) is 8.71. The van der Waals surface area contributed by atoms with Gasteiger partial charge < -0.3 is 37.8 Å². The number of carbonyl (C=O) groups is 7. The maximum absolute atomic E-state index is 11.0. The molecule has 0 aromatic rings. The summed E-state index contributed by atoms with van der Waals surface area (Å²) in [5.41, 5.74) is 0. The average Bonchev–Trinajstić information content (AvgIpc) is 2.88. The number of carboxylic acid groups (broad SMARTS) is 1. The molecule has 0 N–H and O–H groups in total. The molecule has 0 aliphatic carbocycles. The second-order valence-corrected chi connectivity index (χ2v) is 6.36. The van der Waals surface area contributed by atoms with Gasteiger partial charge in [0, 0.05) is 44.5 Å². The van der Waals surface area contributed by atoms with Crippen molar-refractivity contribution in [1.82, 2.24) is 0 Å². The summed E-state index contributed by atoms with van der Waals surface area (Å²) in [6, 6.07) is 0. The Balaban J connectivity index is -0.000000252. The first-order valence-electron chi connectivity index (χ1n) is 11.7. The molecule has 14 nitrogen and oxygen atoms in total. The molecule has 0 heterocycles. The first-order chi connectivity index (χ1) is 17.3. The summed E-state index contributed by atoms with van der Waals surface area (Å²) in [4.78, 5) is 75.0. The Morgan fingerprint density at radius 2 is 0.553 bits per heavy atom. The van der Waals surface area contributed by atoms with Crippen LogP contribution < -0.4 is 56.5 Å². The molecule has 0 bridgehead atoms. The van der Waals surface area contributed by atoms with Crippen LogP contribution in [0.4, 0.5) is 0 Å². The van der Waals surface area contributed by atoms with Crippen molar-refractivity contribution in [3.8, 4) is 0 Å². The van der Waals surface area contributed by atoms with Crippen LogP contribution in [0.25, 0.3) is 0 Å². The van der Waals surface area contributed by atoms with Crippen molar-refractivity contribution in [2.45, 2.75) is 93.4 Å². The van der Waals surface area contributed by atoms with Gasteiger partial charge in [-0.15, -0.1) is 0 Å². The molecule has 0 saturated carbocycles. The molecule has 38 heavy (non-hydrogen) atoms. The summed E-state index contributed by atoms with van der Waals surface area (Å²) in [6.45, 7) is 11.0. The van der Waals surface area contributed by atoms with E-state index in [1.165, 1.54) is 6.92 Å². The minimum atomic E-state index is -1.58. The van der Waals surface area contributed by atoms with Crippen LogP contribution in [0.3, 0.4) is 0 Å². The van der Waals surface area contributed by atoms with Gasteiger partial charge in [-0.1, -0.05) is 48.5 Å². The predicted octanol–water partition coefficient (Wildman–Crippen LogP) is -2.19. The van der Waals surface area contributed by atoms with Gasteiger partial charge in [0.05, 0.1) is 0 Å².